The van der Waals surface area contributed by atoms with Crippen LogP contribution in [-0.4, -0.2) is 19.8 Å². The monoisotopic (exact) mass is 483 g/mol. The van der Waals surface area contributed by atoms with Crippen LogP contribution in [-0.2, 0) is 21.5 Å². The standard InChI is InChI=1S/C28H25N3O3S/c1-22-17-19-26(20-18-22)35(32,33)31-29-27(24-13-7-3-8-14-24)28(25-15-9-4-10-16-25)30-34-21-23-11-5-2-6-12-23/h2-20,31H,21H2,1H3/b29-27+,30-28+. The average Bonchev–Trinajstić information content (AvgIpc) is 2.90. The molecule has 7 heteroatoms. The number of rotatable bonds is 9. The van der Waals surface area contributed by atoms with E-state index in [9.17, 15) is 8.42 Å². The summed E-state index contributed by atoms with van der Waals surface area (Å²) < 4.78 is 25.9. The molecule has 0 spiro atoms. The van der Waals surface area contributed by atoms with Crippen molar-refractivity contribution in [2.75, 3.05) is 0 Å². The van der Waals surface area contributed by atoms with E-state index in [1.165, 1.54) is 0 Å². The van der Waals surface area contributed by atoms with Crippen molar-refractivity contribution in [2.24, 2.45) is 10.3 Å². The van der Waals surface area contributed by atoms with Crippen LogP contribution in [0.25, 0.3) is 0 Å². The van der Waals surface area contributed by atoms with Crippen molar-refractivity contribution in [1.29, 1.82) is 0 Å². The Morgan fingerprint density at radius 2 is 1.23 bits per heavy atom. The van der Waals surface area contributed by atoms with Crippen LogP contribution in [0, 0.1) is 6.92 Å². The van der Waals surface area contributed by atoms with Gasteiger partial charge < -0.3 is 4.84 Å². The summed E-state index contributed by atoms with van der Waals surface area (Å²) in [7, 11) is -3.89. The Kier molecular flexibility index (Phi) is 7.70. The number of sulfonamides is 1. The van der Waals surface area contributed by atoms with Crippen LogP contribution in [0.15, 0.2) is 130 Å². The molecular formula is C28H25N3O3S. The Morgan fingerprint density at radius 1 is 0.714 bits per heavy atom. The van der Waals surface area contributed by atoms with Gasteiger partial charge in [-0.05, 0) is 24.6 Å². The smallest absolute Gasteiger partial charge is 0.276 e. The Labute approximate surface area is 205 Å². The molecule has 0 heterocycles. The minimum absolute atomic E-state index is 0.123. The lowest BCUT2D eigenvalue weighted by atomic mass is 10.00. The van der Waals surface area contributed by atoms with Gasteiger partial charge in [0.2, 0.25) is 0 Å². The molecule has 35 heavy (non-hydrogen) atoms. The Morgan fingerprint density at radius 3 is 1.80 bits per heavy atom. The molecule has 4 aromatic rings. The van der Waals surface area contributed by atoms with Crippen molar-refractivity contribution in [3.05, 3.63) is 138 Å². The molecular weight excluding hydrogens is 458 g/mol. The zero-order chi connectivity index (χ0) is 24.5. The lowest BCUT2D eigenvalue weighted by molar-refractivity contribution is 0.131. The second-order valence-corrected chi connectivity index (χ2v) is 9.46. The lowest BCUT2D eigenvalue weighted by Gasteiger charge is -2.12. The van der Waals surface area contributed by atoms with Crippen molar-refractivity contribution in [1.82, 2.24) is 4.83 Å². The van der Waals surface area contributed by atoms with Gasteiger partial charge in [-0.25, -0.2) is 0 Å². The van der Waals surface area contributed by atoms with E-state index in [-0.39, 0.29) is 11.5 Å². The van der Waals surface area contributed by atoms with Gasteiger partial charge in [-0.1, -0.05) is 114 Å². The molecule has 0 saturated carbocycles. The normalized spacial score (nSPS) is 12.3. The number of hydrogen-bond donors (Lipinski definition) is 1. The highest BCUT2D eigenvalue weighted by molar-refractivity contribution is 7.89. The molecule has 0 radical (unpaired) electrons. The van der Waals surface area contributed by atoms with Crippen LogP contribution in [0.5, 0.6) is 0 Å². The predicted molar refractivity (Wildman–Crippen MR) is 139 cm³/mol. The van der Waals surface area contributed by atoms with Gasteiger partial charge in [-0.3, -0.25) is 0 Å². The highest BCUT2D eigenvalue weighted by Gasteiger charge is 2.19. The largest absolute Gasteiger partial charge is 0.390 e. The fraction of sp³-hybridized carbons (Fsp3) is 0.0714. The number of hydrazone groups is 1. The van der Waals surface area contributed by atoms with E-state index in [1.54, 1.807) is 24.3 Å². The first-order valence-electron chi connectivity index (χ1n) is 11.0. The molecule has 0 fully saturated rings. The molecule has 0 saturated heterocycles. The molecule has 4 rings (SSSR count). The van der Waals surface area contributed by atoms with Gasteiger partial charge in [-0.2, -0.15) is 18.4 Å². The Balaban J connectivity index is 1.73. The Hall–Kier alpha value is -4.23. The van der Waals surface area contributed by atoms with Gasteiger partial charge in [0, 0.05) is 11.1 Å². The average molecular weight is 484 g/mol. The minimum atomic E-state index is -3.89. The number of nitrogens with zero attached hydrogens (tertiary/aromatic N) is 2. The first kappa shape index (κ1) is 23.9. The van der Waals surface area contributed by atoms with Crippen molar-refractivity contribution in [3.8, 4) is 0 Å². The number of hydrogen-bond acceptors (Lipinski definition) is 5. The molecule has 0 aliphatic heterocycles. The van der Waals surface area contributed by atoms with E-state index in [1.807, 2.05) is 97.9 Å². The summed E-state index contributed by atoms with van der Waals surface area (Å²) in [5.74, 6) is 0. The van der Waals surface area contributed by atoms with E-state index >= 15 is 0 Å². The molecule has 0 aliphatic rings. The van der Waals surface area contributed by atoms with Crippen molar-refractivity contribution in [3.63, 3.8) is 0 Å². The Bertz CT molecular complexity index is 1400. The molecule has 4 aromatic carbocycles. The topological polar surface area (TPSA) is 80.1 Å². The summed E-state index contributed by atoms with van der Waals surface area (Å²) in [6, 6.07) is 34.9. The predicted octanol–water partition coefficient (Wildman–Crippen LogP) is 5.30. The molecule has 0 amide bonds. The number of aryl methyl sites for hydroxylation is 1. The van der Waals surface area contributed by atoms with Gasteiger partial charge in [0.25, 0.3) is 10.0 Å². The fourth-order valence-electron chi connectivity index (χ4n) is 3.30. The zero-order valence-electron chi connectivity index (χ0n) is 19.2. The number of oxime groups is 1. The molecule has 6 nitrogen and oxygen atoms in total. The van der Waals surface area contributed by atoms with Crippen LogP contribution in [0.2, 0.25) is 0 Å². The SMILES string of the molecule is Cc1ccc(S(=O)(=O)N/N=C(/C(=N/OCc2ccccc2)c2ccccc2)c2ccccc2)cc1. The van der Waals surface area contributed by atoms with Gasteiger partial charge in [0.15, 0.2) is 0 Å². The molecule has 1 N–H and O–H groups in total. The minimum Gasteiger partial charge on any atom is -0.390 e. The van der Waals surface area contributed by atoms with Crippen molar-refractivity contribution in [2.45, 2.75) is 18.4 Å². The maximum absolute atomic E-state index is 12.9. The van der Waals surface area contributed by atoms with Crippen LogP contribution in [0.3, 0.4) is 0 Å². The number of nitrogens with one attached hydrogen (secondary N) is 1. The second kappa shape index (κ2) is 11.3. The molecule has 176 valence electrons. The van der Waals surface area contributed by atoms with Gasteiger partial charge >= 0.3 is 0 Å². The van der Waals surface area contributed by atoms with Crippen molar-refractivity contribution < 1.29 is 13.3 Å². The van der Waals surface area contributed by atoms with Crippen LogP contribution in [0.1, 0.15) is 22.3 Å². The lowest BCUT2D eigenvalue weighted by Crippen LogP contribution is -2.25. The molecule has 0 bridgehead atoms. The zero-order valence-corrected chi connectivity index (χ0v) is 20.0. The summed E-state index contributed by atoms with van der Waals surface area (Å²) >= 11 is 0. The molecule has 0 aromatic heterocycles. The summed E-state index contributed by atoms with van der Waals surface area (Å²) in [4.78, 5) is 8.20. The van der Waals surface area contributed by atoms with Crippen LogP contribution in [0.4, 0.5) is 0 Å². The molecule has 0 aliphatic carbocycles. The van der Waals surface area contributed by atoms with Crippen LogP contribution < -0.4 is 4.83 Å². The van der Waals surface area contributed by atoms with E-state index in [0.29, 0.717) is 17.0 Å². The van der Waals surface area contributed by atoms with Gasteiger partial charge in [0.1, 0.15) is 18.0 Å². The third-order valence-corrected chi connectivity index (χ3v) is 6.38. The quantitative estimate of drug-likeness (QED) is 0.259. The number of benzene rings is 4. The van der Waals surface area contributed by atoms with Crippen molar-refractivity contribution >= 4 is 21.4 Å². The second-order valence-electron chi connectivity index (χ2n) is 7.80. The highest BCUT2D eigenvalue weighted by Crippen LogP contribution is 2.14. The van der Waals surface area contributed by atoms with E-state index in [2.05, 4.69) is 15.1 Å². The van der Waals surface area contributed by atoms with E-state index in [0.717, 1.165) is 16.7 Å². The van der Waals surface area contributed by atoms with Crippen LogP contribution >= 0.6 is 0 Å². The first-order chi connectivity index (χ1) is 17.0. The first-order valence-corrected chi connectivity index (χ1v) is 12.5. The maximum Gasteiger partial charge on any atom is 0.276 e. The maximum atomic E-state index is 12.9. The summed E-state index contributed by atoms with van der Waals surface area (Å²) in [5, 5.41) is 8.74. The van der Waals surface area contributed by atoms with Gasteiger partial charge in [-0.15, -0.1) is 0 Å². The third kappa shape index (κ3) is 6.43. The summed E-state index contributed by atoms with van der Waals surface area (Å²) in [5.41, 5.74) is 4.08. The summed E-state index contributed by atoms with van der Waals surface area (Å²) in [6.45, 7) is 2.15. The van der Waals surface area contributed by atoms with E-state index < -0.39 is 10.0 Å². The van der Waals surface area contributed by atoms with E-state index in [4.69, 9.17) is 4.84 Å². The molecule has 0 unspecified atom stereocenters. The fourth-order valence-corrected chi connectivity index (χ4v) is 4.11. The highest BCUT2D eigenvalue weighted by atomic mass is 32.2. The molecule has 0 atom stereocenters. The summed E-state index contributed by atoms with van der Waals surface area (Å²) in [6.07, 6.45) is 0. The van der Waals surface area contributed by atoms with Gasteiger partial charge in [0.05, 0.1) is 4.90 Å². The third-order valence-electron chi connectivity index (χ3n) is 5.16.